The third-order valence-electron chi connectivity index (χ3n) is 2.51. The molecule has 1 heterocycles. The minimum atomic E-state index is -2.61. The fraction of sp³-hybridized carbons (Fsp3) is 0.400. The zero-order valence-corrected chi connectivity index (χ0v) is 7.54. The quantitative estimate of drug-likeness (QED) is 0.746. The summed E-state index contributed by atoms with van der Waals surface area (Å²) in [6.45, 7) is 0.240. The average molecular weight is 199 g/mol. The van der Waals surface area contributed by atoms with Gasteiger partial charge in [0, 0.05) is 0 Å². The Morgan fingerprint density at radius 3 is 2.79 bits per heavy atom. The zero-order valence-electron chi connectivity index (χ0n) is 7.54. The Morgan fingerprint density at radius 1 is 1.36 bits per heavy atom. The van der Waals surface area contributed by atoms with E-state index in [1.165, 1.54) is 0 Å². The molecule has 0 saturated heterocycles. The first-order valence-corrected chi connectivity index (χ1v) is 4.38. The summed E-state index contributed by atoms with van der Waals surface area (Å²) in [4.78, 5) is 0. The van der Waals surface area contributed by atoms with Crippen molar-refractivity contribution in [2.45, 2.75) is 18.6 Å². The highest BCUT2D eigenvalue weighted by atomic mass is 19.3. The van der Waals surface area contributed by atoms with E-state index in [9.17, 15) is 8.78 Å². The molecule has 0 aliphatic carbocycles. The first kappa shape index (κ1) is 9.55. The van der Waals surface area contributed by atoms with Crippen molar-refractivity contribution >= 4 is 0 Å². The van der Waals surface area contributed by atoms with E-state index >= 15 is 0 Å². The van der Waals surface area contributed by atoms with Crippen LogP contribution in [0.15, 0.2) is 24.3 Å². The lowest BCUT2D eigenvalue weighted by molar-refractivity contribution is -0.0330. The second-order valence-electron chi connectivity index (χ2n) is 3.49. The third-order valence-corrected chi connectivity index (χ3v) is 2.51. The van der Waals surface area contributed by atoms with E-state index in [-0.39, 0.29) is 6.61 Å². The van der Waals surface area contributed by atoms with Crippen LogP contribution in [0.5, 0.6) is 0 Å². The molecule has 14 heavy (non-hydrogen) atoms. The van der Waals surface area contributed by atoms with E-state index in [2.05, 4.69) is 0 Å². The molecule has 4 heteroatoms. The molecule has 2 N–H and O–H groups in total. The summed E-state index contributed by atoms with van der Waals surface area (Å²) in [5.41, 5.74) is 5.25. The molecule has 0 saturated carbocycles. The van der Waals surface area contributed by atoms with Crippen LogP contribution in [0.1, 0.15) is 11.1 Å². The number of hydrogen-bond acceptors (Lipinski definition) is 2. The van der Waals surface area contributed by atoms with Crippen LogP contribution in [0.4, 0.5) is 8.78 Å². The highest BCUT2D eigenvalue weighted by Gasteiger charge is 2.41. The molecule has 0 amide bonds. The van der Waals surface area contributed by atoms with Gasteiger partial charge < -0.3 is 10.5 Å². The van der Waals surface area contributed by atoms with E-state index in [0.717, 1.165) is 5.56 Å². The van der Waals surface area contributed by atoms with Gasteiger partial charge in [-0.05, 0) is 11.1 Å². The summed E-state index contributed by atoms with van der Waals surface area (Å²) >= 11 is 0. The zero-order chi connectivity index (χ0) is 10.2. The van der Waals surface area contributed by atoms with Gasteiger partial charge >= 0.3 is 0 Å². The average Bonchev–Trinajstić information content (AvgIpc) is 2.18. The van der Waals surface area contributed by atoms with E-state index in [1.807, 2.05) is 0 Å². The van der Waals surface area contributed by atoms with E-state index in [4.69, 9.17) is 10.5 Å². The van der Waals surface area contributed by atoms with Crippen LogP contribution >= 0.6 is 0 Å². The lowest BCUT2D eigenvalue weighted by atomic mass is 9.87. The van der Waals surface area contributed by atoms with Gasteiger partial charge in [0.15, 0.2) is 0 Å². The maximum absolute atomic E-state index is 12.8. The topological polar surface area (TPSA) is 35.2 Å². The normalized spacial score (nSPS) is 26.3. The van der Waals surface area contributed by atoms with Gasteiger partial charge in [0.25, 0.3) is 6.43 Å². The maximum Gasteiger partial charge on any atom is 0.262 e. The Bertz CT molecular complexity index is 343. The SMILES string of the molecule is NC1(C(F)F)COCc2ccccc21. The molecule has 76 valence electrons. The monoisotopic (exact) mass is 199 g/mol. The van der Waals surface area contributed by atoms with Crippen molar-refractivity contribution in [3.8, 4) is 0 Å². The Balaban J connectivity index is 2.50. The molecule has 0 spiro atoms. The smallest absolute Gasteiger partial charge is 0.262 e. The van der Waals surface area contributed by atoms with Crippen molar-refractivity contribution in [2.24, 2.45) is 5.73 Å². The first-order valence-electron chi connectivity index (χ1n) is 4.38. The summed E-state index contributed by atoms with van der Waals surface area (Å²) in [6.07, 6.45) is -2.61. The van der Waals surface area contributed by atoms with Crippen molar-refractivity contribution in [3.05, 3.63) is 35.4 Å². The molecule has 0 fully saturated rings. The van der Waals surface area contributed by atoms with Crippen LogP contribution < -0.4 is 5.73 Å². The van der Waals surface area contributed by atoms with Gasteiger partial charge in [0.1, 0.15) is 5.54 Å². The minimum Gasteiger partial charge on any atom is -0.374 e. The summed E-state index contributed by atoms with van der Waals surface area (Å²) in [7, 11) is 0. The second kappa shape index (κ2) is 3.29. The highest BCUT2D eigenvalue weighted by Crippen LogP contribution is 2.32. The molecule has 0 radical (unpaired) electrons. The summed E-state index contributed by atoms with van der Waals surface area (Å²) in [6, 6.07) is 6.91. The Hall–Kier alpha value is -1.00. The van der Waals surface area contributed by atoms with E-state index in [1.54, 1.807) is 24.3 Å². The molecule has 0 aromatic heterocycles. The Morgan fingerprint density at radius 2 is 2.07 bits per heavy atom. The van der Waals surface area contributed by atoms with Gasteiger partial charge in [0.05, 0.1) is 13.2 Å². The van der Waals surface area contributed by atoms with Crippen LogP contribution in [0.3, 0.4) is 0 Å². The molecule has 1 aliphatic heterocycles. The molecular weight excluding hydrogens is 188 g/mol. The molecule has 2 nitrogen and oxygen atoms in total. The lowest BCUT2D eigenvalue weighted by Crippen LogP contribution is -2.50. The van der Waals surface area contributed by atoms with Crippen molar-refractivity contribution in [1.82, 2.24) is 0 Å². The molecular formula is C10H11F2NO. The number of ether oxygens (including phenoxy) is 1. The fourth-order valence-electron chi connectivity index (χ4n) is 1.69. The molecule has 1 aromatic carbocycles. The number of fused-ring (bicyclic) bond motifs is 1. The summed E-state index contributed by atoms with van der Waals surface area (Å²) < 4.78 is 30.6. The third kappa shape index (κ3) is 1.31. The molecule has 1 aliphatic rings. The molecule has 1 atom stereocenters. The summed E-state index contributed by atoms with van der Waals surface area (Å²) in [5.74, 6) is 0. The molecule has 1 unspecified atom stereocenters. The van der Waals surface area contributed by atoms with Crippen LogP contribution in [0.25, 0.3) is 0 Å². The van der Waals surface area contributed by atoms with Gasteiger partial charge in [0.2, 0.25) is 0 Å². The number of rotatable bonds is 1. The van der Waals surface area contributed by atoms with Crippen molar-refractivity contribution in [2.75, 3.05) is 6.61 Å². The van der Waals surface area contributed by atoms with Gasteiger partial charge in [-0.1, -0.05) is 24.3 Å². The van der Waals surface area contributed by atoms with Crippen molar-refractivity contribution in [1.29, 1.82) is 0 Å². The second-order valence-corrected chi connectivity index (χ2v) is 3.49. The van der Waals surface area contributed by atoms with Crippen molar-refractivity contribution < 1.29 is 13.5 Å². The van der Waals surface area contributed by atoms with Crippen molar-refractivity contribution in [3.63, 3.8) is 0 Å². The van der Waals surface area contributed by atoms with Crippen LogP contribution in [0.2, 0.25) is 0 Å². The number of alkyl halides is 2. The maximum atomic E-state index is 12.8. The van der Waals surface area contributed by atoms with Crippen LogP contribution in [-0.2, 0) is 16.9 Å². The predicted molar refractivity (Wildman–Crippen MR) is 48.0 cm³/mol. The van der Waals surface area contributed by atoms with E-state index < -0.39 is 12.0 Å². The first-order chi connectivity index (χ1) is 6.64. The number of halogens is 2. The predicted octanol–water partition coefficient (Wildman–Crippen LogP) is 1.64. The van der Waals surface area contributed by atoms with Gasteiger partial charge in [-0.2, -0.15) is 0 Å². The fourth-order valence-corrected chi connectivity index (χ4v) is 1.69. The number of benzene rings is 1. The van der Waals surface area contributed by atoms with Gasteiger partial charge in [-0.15, -0.1) is 0 Å². The van der Waals surface area contributed by atoms with Gasteiger partial charge in [-0.3, -0.25) is 0 Å². The Labute approximate surface area is 80.7 Å². The largest absolute Gasteiger partial charge is 0.374 e. The summed E-state index contributed by atoms with van der Waals surface area (Å²) in [5, 5.41) is 0. The number of hydrogen-bond donors (Lipinski definition) is 1. The van der Waals surface area contributed by atoms with Gasteiger partial charge in [-0.25, -0.2) is 8.78 Å². The molecule has 1 aromatic rings. The van der Waals surface area contributed by atoms with E-state index in [0.29, 0.717) is 12.2 Å². The lowest BCUT2D eigenvalue weighted by Gasteiger charge is -2.34. The number of nitrogens with two attached hydrogens (primary N) is 1. The molecule has 2 rings (SSSR count). The van der Waals surface area contributed by atoms with Crippen LogP contribution in [-0.4, -0.2) is 13.0 Å². The Kier molecular flexibility index (Phi) is 2.25. The molecule has 0 bridgehead atoms. The van der Waals surface area contributed by atoms with Crippen LogP contribution in [0, 0.1) is 0 Å². The minimum absolute atomic E-state index is 0.123. The standard InChI is InChI=1S/C10H11F2NO/c11-9(12)10(13)6-14-5-7-3-1-2-4-8(7)10/h1-4,9H,5-6,13H2. The highest BCUT2D eigenvalue weighted by molar-refractivity contribution is 5.35.